The van der Waals surface area contributed by atoms with Gasteiger partial charge in [-0.1, -0.05) is 65.5 Å². The van der Waals surface area contributed by atoms with E-state index in [-0.39, 0.29) is 16.8 Å². The Kier molecular flexibility index (Phi) is 16.9. The molecule has 320 valence electrons. The van der Waals surface area contributed by atoms with Crippen molar-refractivity contribution in [2.45, 2.75) is 125 Å². The molecule has 59 heavy (non-hydrogen) atoms. The molecule has 0 aliphatic carbocycles. The zero-order chi connectivity index (χ0) is 42.9. The number of thiophene rings is 4. The van der Waals surface area contributed by atoms with Gasteiger partial charge in [-0.15, -0.1) is 45.3 Å². The van der Waals surface area contributed by atoms with Crippen LogP contribution in [0.5, 0.6) is 0 Å². The molecule has 6 nitrogen and oxygen atoms in total. The molecule has 3 N–H and O–H groups in total. The number of nitrogens with two attached hydrogens (primary N) is 1. The number of nitrogens with one attached hydrogen (secondary N) is 1. The van der Waals surface area contributed by atoms with Crippen LogP contribution in [0.3, 0.4) is 0 Å². The van der Waals surface area contributed by atoms with Gasteiger partial charge in [0, 0.05) is 69.8 Å². The maximum atomic E-state index is 13.4. The van der Waals surface area contributed by atoms with Gasteiger partial charge in [-0.3, -0.25) is 10.9 Å². The lowest BCUT2D eigenvalue weighted by Crippen LogP contribution is -2.27. The molecule has 0 spiro atoms. The van der Waals surface area contributed by atoms with Gasteiger partial charge in [0.05, 0.1) is 5.57 Å². The van der Waals surface area contributed by atoms with Gasteiger partial charge in [-0.05, 0) is 145 Å². The van der Waals surface area contributed by atoms with Gasteiger partial charge < -0.3 is 15.0 Å². The molecule has 0 aromatic carbocycles. The Labute approximate surface area is 371 Å². The molecule has 0 saturated carbocycles. The van der Waals surface area contributed by atoms with E-state index < -0.39 is 0 Å². The Hall–Kier alpha value is -2.96. The Morgan fingerprint density at radius 1 is 0.797 bits per heavy atom. The quantitative estimate of drug-likeness (QED) is 0.0255. The van der Waals surface area contributed by atoms with Crippen molar-refractivity contribution in [3.05, 3.63) is 86.3 Å². The summed E-state index contributed by atoms with van der Waals surface area (Å²) in [6, 6.07) is 13.9. The van der Waals surface area contributed by atoms with Crippen LogP contribution in [0.2, 0.25) is 0 Å². The molecule has 0 saturated heterocycles. The van der Waals surface area contributed by atoms with Crippen LogP contribution in [0.15, 0.2) is 65.5 Å². The first-order chi connectivity index (χ1) is 28.1. The monoisotopic (exact) mass is 872 g/mol. The number of ether oxygens (including phenoxy) is 1. The fraction of sp³-hybridized carbons (Fsp3) is 0.510. The maximum absolute atomic E-state index is 13.4. The molecular weight excluding hydrogens is 805 g/mol. The van der Waals surface area contributed by atoms with E-state index in [0.29, 0.717) is 11.3 Å². The number of carbonyl (C=O) groups is 1. The average molecular weight is 873 g/mol. The number of rotatable bonds is 23. The Morgan fingerprint density at radius 2 is 1.41 bits per heavy atom. The summed E-state index contributed by atoms with van der Waals surface area (Å²) in [5.74, 6) is 6.25. The normalized spacial score (nSPS) is 16.0. The molecule has 4 aromatic heterocycles. The summed E-state index contributed by atoms with van der Waals surface area (Å²) in [7, 11) is 6.24. The molecule has 10 heteroatoms. The van der Waals surface area contributed by atoms with E-state index in [1.807, 2.05) is 47.1 Å². The van der Waals surface area contributed by atoms with E-state index in [1.54, 1.807) is 16.3 Å². The Morgan fingerprint density at radius 3 is 1.97 bits per heavy atom. The van der Waals surface area contributed by atoms with Crippen LogP contribution in [0.25, 0.3) is 34.8 Å². The molecule has 1 aliphatic heterocycles. The Balaban J connectivity index is 1.54. The SMILES string of the molecule is CCCCC(C)(CC)C(C=N)=C1C=C(c2ccc(-c3sc(-c4cc(CCCN(C)C)c(-c5ccc(C(C)(CC=C(C)C)CCC)s5)s4)cc3CCCN(C)N)s2)C(=O)O1. The predicted molar refractivity (Wildman–Crippen MR) is 260 cm³/mol. The summed E-state index contributed by atoms with van der Waals surface area (Å²) >= 11 is 7.45. The number of carbonyl (C=O) groups excluding carboxylic acids is 1. The van der Waals surface area contributed by atoms with Crippen molar-refractivity contribution in [3.8, 4) is 29.3 Å². The number of hydrogen-bond donors (Lipinski definition) is 2. The van der Waals surface area contributed by atoms with Gasteiger partial charge in [0.2, 0.25) is 0 Å². The summed E-state index contributed by atoms with van der Waals surface area (Å²) in [6.45, 7) is 17.6. The first-order valence-corrected chi connectivity index (χ1v) is 24.8. The third kappa shape index (κ3) is 11.7. The topological polar surface area (TPSA) is 82.7 Å². The maximum Gasteiger partial charge on any atom is 0.345 e. The first-order valence-electron chi connectivity index (χ1n) is 21.5. The summed E-state index contributed by atoms with van der Waals surface area (Å²) in [6.07, 6.45) is 17.1. The van der Waals surface area contributed by atoms with E-state index in [0.717, 1.165) is 86.2 Å². The van der Waals surface area contributed by atoms with Crippen molar-refractivity contribution in [3.63, 3.8) is 0 Å². The fourth-order valence-corrected chi connectivity index (χ4v) is 13.0. The van der Waals surface area contributed by atoms with Crippen molar-refractivity contribution >= 4 is 63.1 Å². The summed E-state index contributed by atoms with van der Waals surface area (Å²) < 4.78 is 5.92. The molecule has 4 aromatic rings. The van der Waals surface area contributed by atoms with Crippen molar-refractivity contribution in [1.82, 2.24) is 9.91 Å². The number of esters is 1. The number of nitrogens with zero attached hydrogens (tertiary/aromatic N) is 2. The highest BCUT2D eigenvalue weighted by molar-refractivity contribution is 7.29. The minimum Gasteiger partial charge on any atom is -0.422 e. The van der Waals surface area contributed by atoms with Gasteiger partial charge >= 0.3 is 5.97 Å². The average Bonchev–Trinajstić information content (AvgIpc) is 4.04. The van der Waals surface area contributed by atoms with E-state index in [9.17, 15) is 4.79 Å². The molecular formula is C49H68N4O2S4. The van der Waals surface area contributed by atoms with Crippen LogP contribution in [-0.4, -0.2) is 56.3 Å². The number of hydrogen-bond acceptors (Lipinski definition) is 10. The number of hydrazine groups is 1. The third-order valence-electron chi connectivity index (χ3n) is 11.8. The van der Waals surface area contributed by atoms with Crippen LogP contribution in [-0.2, 0) is 27.8 Å². The van der Waals surface area contributed by atoms with Gasteiger partial charge in [-0.2, -0.15) is 0 Å². The van der Waals surface area contributed by atoms with E-state index in [1.165, 1.54) is 65.0 Å². The third-order valence-corrected chi connectivity index (χ3v) is 17.2. The van der Waals surface area contributed by atoms with Gasteiger partial charge in [-0.25, -0.2) is 4.79 Å². The van der Waals surface area contributed by atoms with Crippen LogP contribution in [0, 0.1) is 10.8 Å². The highest BCUT2D eigenvalue weighted by atomic mass is 32.1. The van der Waals surface area contributed by atoms with E-state index in [2.05, 4.69) is 110 Å². The summed E-state index contributed by atoms with van der Waals surface area (Å²) in [5.41, 5.74) is 5.43. The lowest BCUT2D eigenvalue weighted by molar-refractivity contribution is -0.131. The minimum atomic E-state index is -0.337. The number of unbranched alkanes of at least 4 members (excludes halogenated alkanes) is 1. The van der Waals surface area contributed by atoms with Crippen LogP contribution in [0.1, 0.15) is 127 Å². The van der Waals surface area contributed by atoms with Crippen molar-refractivity contribution in [1.29, 1.82) is 5.41 Å². The molecule has 5 heterocycles. The van der Waals surface area contributed by atoms with E-state index in [4.69, 9.17) is 16.0 Å². The van der Waals surface area contributed by atoms with Crippen molar-refractivity contribution in [2.75, 3.05) is 34.2 Å². The zero-order valence-corrected chi connectivity index (χ0v) is 40.6. The van der Waals surface area contributed by atoms with Crippen LogP contribution >= 0.6 is 45.3 Å². The fourth-order valence-electron chi connectivity index (χ4n) is 7.98. The largest absolute Gasteiger partial charge is 0.422 e. The highest BCUT2D eigenvalue weighted by Crippen LogP contribution is 2.50. The molecule has 5 rings (SSSR count). The second-order valence-corrected chi connectivity index (χ2v) is 21.7. The minimum absolute atomic E-state index is 0.130. The Bertz CT molecular complexity index is 2140. The molecule has 0 bridgehead atoms. The number of aryl methyl sites for hydroxylation is 2. The van der Waals surface area contributed by atoms with E-state index >= 15 is 0 Å². The predicted octanol–water partition coefficient (Wildman–Crippen LogP) is 14.0. The molecule has 0 radical (unpaired) electrons. The second-order valence-electron chi connectivity index (χ2n) is 17.4. The lowest BCUT2D eigenvalue weighted by Gasteiger charge is -2.29. The first kappa shape index (κ1) is 47.1. The molecule has 0 fully saturated rings. The molecule has 1 aliphatic rings. The smallest absolute Gasteiger partial charge is 0.345 e. The number of cyclic esters (lactones) is 1. The van der Waals surface area contributed by atoms with Gasteiger partial charge in [0.1, 0.15) is 5.76 Å². The zero-order valence-electron chi connectivity index (χ0n) is 37.3. The van der Waals surface area contributed by atoms with Gasteiger partial charge in [0.15, 0.2) is 0 Å². The second kappa shape index (κ2) is 21.2. The lowest BCUT2D eigenvalue weighted by atomic mass is 9.75. The molecule has 2 atom stereocenters. The highest BCUT2D eigenvalue weighted by Gasteiger charge is 2.34. The standard InChI is InChI=1S/C49H68N4O2S4/c1-11-14-25-48(6,13-3)37(32-50)38-31-36(47(54)55-38)39-19-20-40(56-39)45-35(18-16-28-53(10)51)30-42(58-45)43-29-34(17-15-27-52(8)9)46(59-43)41-21-22-44(57-41)49(7,24-12-2)26-23-33(4)5/h19-23,29-32,50H,11-18,24-28,51H2,1-10H3. The van der Waals surface area contributed by atoms with Crippen molar-refractivity contribution < 1.29 is 9.53 Å². The van der Waals surface area contributed by atoms with Crippen molar-refractivity contribution in [2.24, 2.45) is 11.3 Å². The number of allylic oxidation sites excluding steroid dienone is 4. The van der Waals surface area contributed by atoms with Gasteiger partial charge in [0.25, 0.3) is 0 Å². The van der Waals surface area contributed by atoms with Crippen LogP contribution < -0.4 is 5.84 Å². The summed E-state index contributed by atoms with van der Waals surface area (Å²) in [5, 5.41) is 10.1. The molecule has 0 amide bonds. The van der Waals surface area contributed by atoms with Crippen LogP contribution in [0.4, 0.5) is 0 Å². The molecule has 2 unspecified atom stereocenters. The summed E-state index contributed by atoms with van der Waals surface area (Å²) in [4.78, 5) is 25.9.